The Balaban J connectivity index is 1.48. The average molecular weight is 499 g/mol. The SMILES string of the molecule is CCC(C)NC(=O)CCN1C(=O)C2CCCCC2N2C(=O)N(CC(=O)Nc3cc(C)ccc3C)NC12. The van der Waals surface area contributed by atoms with Gasteiger partial charge >= 0.3 is 6.03 Å². The first kappa shape index (κ1) is 25.9. The number of rotatable bonds is 8. The van der Waals surface area contributed by atoms with E-state index in [4.69, 9.17) is 0 Å². The second kappa shape index (κ2) is 10.9. The highest BCUT2D eigenvalue weighted by atomic mass is 16.2. The van der Waals surface area contributed by atoms with E-state index in [0.717, 1.165) is 43.2 Å². The van der Waals surface area contributed by atoms with Crippen LogP contribution in [0.2, 0.25) is 0 Å². The van der Waals surface area contributed by atoms with Crippen molar-refractivity contribution < 1.29 is 19.2 Å². The Morgan fingerprint density at radius 1 is 1.14 bits per heavy atom. The number of fused-ring (bicyclic) bond motifs is 3. The zero-order chi connectivity index (χ0) is 26.0. The molecule has 3 aliphatic rings. The maximum absolute atomic E-state index is 13.5. The molecule has 2 heterocycles. The monoisotopic (exact) mass is 498 g/mol. The van der Waals surface area contributed by atoms with E-state index in [1.54, 1.807) is 9.80 Å². The lowest BCUT2D eigenvalue weighted by Gasteiger charge is -2.48. The van der Waals surface area contributed by atoms with Crippen molar-refractivity contribution >= 4 is 29.4 Å². The van der Waals surface area contributed by atoms with Gasteiger partial charge in [-0.2, -0.15) is 5.43 Å². The summed E-state index contributed by atoms with van der Waals surface area (Å²) < 4.78 is 0. The largest absolute Gasteiger partial charge is 0.354 e. The molecule has 3 N–H and O–H groups in total. The van der Waals surface area contributed by atoms with Crippen LogP contribution in [0.25, 0.3) is 0 Å². The molecule has 36 heavy (non-hydrogen) atoms. The molecule has 4 unspecified atom stereocenters. The van der Waals surface area contributed by atoms with Crippen molar-refractivity contribution in [3.63, 3.8) is 0 Å². The quantitative estimate of drug-likeness (QED) is 0.510. The lowest BCUT2D eigenvalue weighted by Crippen LogP contribution is -2.66. The maximum atomic E-state index is 13.5. The van der Waals surface area contributed by atoms with E-state index in [9.17, 15) is 19.2 Å². The van der Waals surface area contributed by atoms with Gasteiger partial charge in [-0.15, -0.1) is 0 Å². The van der Waals surface area contributed by atoms with Crippen LogP contribution >= 0.6 is 0 Å². The van der Waals surface area contributed by atoms with Gasteiger partial charge in [-0.05, 0) is 57.2 Å². The van der Waals surface area contributed by atoms with Gasteiger partial charge in [-0.3, -0.25) is 19.3 Å². The van der Waals surface area contributed by atoms with Gasteiger partial charge < -0.3 is 15.5 Å². The van der Waals surface area contributed by atoms with E-state index >= 15 is 0 Å². The van der Waals surface area contributed by atoms with Crippen LogP contribution in [-0.2, 0) is 14.4 Å². The summed E-state index contributed by atoms with van der Waals surface area (Å²) in [7, 11) is 0. The number of hydrazine groups is 1. The van der Waals surface area contributed by atoms with Gasteiger partial charge in [0.05, 0.1) is 5.92 Å². The van der Waals surface area contributed by atoms with E-state index in [0.29, 0.717) is 5.69 Å². The van der Waals surface area contributed by atoms with Crippen LogP contribution < -0.4 is 16.1 Å². The normalized spacial score (nSPS) is 24.3. The fraction of sp³-hybridized carbons (Fsp3) is 0.615. The number of amides is 5. The van der Waals surface area contributed by atoms with Gasteiger partial charge in [-0.1, -0.05) is 31.9 Å². The molecule has 1 aromatic rings. The molecule has 2 aliphatic heterocycles. The minimum atomic E-state index is -0.700. The molecule has 1 aliphatic carbocycles. The maximum Gasteiger partial charge on any atom is 0.337 e. The molecule has 0 aromatic heterocycles. The first-order chi connectivity index (χ1) is 17.2. The van der Waals surface area contributed by atoms with Crippen LogP contribution in [0.15, 0.2) is 18.2 Å². The highest BCUT2D eigenvalue weighted by Crippen LogP contribution is 2.38. The van der Waals surface area contributed by atoms with Crippen molar-refractivity contribution in [1.29, 1.82) is 0 Å². The molecule has 4 rings (SSSR count). The number of hydrogen-bond acceptors (Lipinski definition) is 5. The molecule has 1 saturated carbocycles. The Morgan fingerprint density at radius 2 is 1.89 bits per heavy atom. The molecule has 0 spiro atoms. The summed E-state index contributed by atoms with van der Waals surface area (Å²) >= 11 is 0. The third-order valence-electron chi connectivity index (χ3n) is 7.54. The number of anilines is 1. The summed E-state index contributed by atoms with van der Waals surface area (Å²) in [5, 5.41) is 7.12. The first-order valence-electron chi connectivity index (χ1n) is 13.0. The molecule has 3 fully saturated rings. The fourth-order valence-electron chi connectivity index (χ4n) is 5.33. The number of nitrogens with zero attached hydrogens (tertiary/aromatic N) is 3. The summed E-state index contributed by atoms with van der Waals surface area (Å²) in [5.41, 5.74) is 5.77. The minimum Gasteiger partial charge on any atom is -0.354 e. The Kier molecular flexibility index (Phi) is 7.82. The minimum absolute atomic E-state index is 0.0284. The van der Waals surface area contributed by atoms with Crippen LogP contribution in [0.3, 0.4) is 0 Å². The van der Waals surface area contributed by atoms with Crippen molar-refractivity contribution in [3.05, 3.63) is 29.3 Å². The van der Waals surface area contributed by atoms with Crippen molar-refractivity contribution in [3.8, 4) is 0 Å². The highest BCUT2D eigenvalue weighted by Gasteiger charge is 2.54. The Bertz CT molecular complexity index is 1030. The first-order valence-corrected chi connectivity index (χ1v) is 13.0. The summed E-state index contributed by atoms with van der Waals surface area (Å²) in [4.78, 5) is 55.5. The molecule has 0 bridgehead atoms. The predicted octanol–water partition coefficient (Wildman–Crippen LogP) is 2.47. The van der Waals surface area contributed by atoms with Gasteiger partial charge in [0.1, 0.15) is 6.54 Å². The molecular weight excluding hydrogens is 460 g/mol. The summed E-state index contributed by atoms with van der Waals surface area (Å²) in [6, 6.07) is 5.36. The van der Waals surface area contributed by atoms with E-state index in [2.05, 4.69) is 16.1 Å². The number of carbonyl (C=O) groups excluding carboxylic acids is 4. The van der Waals surface area contributed by atoms with Crippen molar-refractivity contribution in [1.82, 2.24) is 25.6 Å². The zero-order valence-electron chi connectivity index (χ0n) is 21.7. The molecule has 1 aromatic carbocycles. The lowest BCUT2D eigenvalue weighted by molar-refractivity contribution is -0.156. The number of urea groups is 1. The number of aryl methyl sites for hydroxylation is 2. The number of benzene rings is 1. The lowest BCUT2D eigenvalue weighted by atomic mass is 9.81. The van der Waals surface area contributed by atoms with Crippen molar-refractivity contribution in [2.24, 2.45) is 5.92 Å². The highest BCUT2D eigenvalue weighted by molar-refractivity contribution is 5.95. The van der Waals surface area contributed by atoms with Gasteiger partial charge in [-0.25, -0.2) is 9.80 Å². The summed E-state index contributed by atoms with van der Waals surface area (Å²) in [5.74, 6) is -0.750. The van der Waals surface area contributed by atoms with Gasteiger partial charge in [0.2, 0.25) is 17.7 Å². The van der Waals surface area contributed by atoms with Crippen LogP contribution in [0, 0.1) is 19.8 Å². The standard InChI is InChI=1S/C26H38N6O4/c1-5-18(4)27-22(33)12-13-30-24(35)19-8-6-7-9-21(19)32-25(30)29-31(26(32)36)15-23(34)28-20-14-16(2)10-11-17(20)3/h10-11,14,18-19,21,25,29H,5-9,12-13,15H2,1-4H3,(H,27,33)(H,28,34). The third-order valence-corrected chi connectivity index (χ3v) is 7.54. The summed E-state index contributed by atoms with van der Waals surface area (Å²) in [6.45, 7) is 7.82. The fourth-order valence-corrected chi connectivity index (χ4v) is 5.33. The molecule has 10 nitrogen and oxygen atoms in total. The topological polar surface area (TPSA) is 114 Å². The zero-order valence-corrected chi connectivity index (χ0v) is 21.7. The van der Waals surface area contributed by atoms with Crippen LogP contribution in [-0.4, -0.2) is 70.0 Å². The molecule has 4 atom stereocenters. The molecule has 196 valence electrons. The van der Waals surface area contributed by atoms with E-state index in [1.807, 2.05) is 45.9 Å². The second-order valence-electron chi connectivity index (χ2n) is 10.3. The Morgan fingerprint density at radius 3 is 2.64 bits per heavy atom. The molecular formula is C26H38N6O4. The molecule has 5 amide bonds. The van der Waals surface area contributed by atoms with Crippen molar-refractivity contribution in [2.75, 3.05) is 18.4 Å². The Labute approximate surface area is 212 Å². The number of hydrogen-bond donors (Lipinski definition) is 3. The smallest absolute Gasteiger partial charge is 0.337 e. The van der Waals surface area contributed by atoms with Crippen LogP contribution in [0.5, 0.6) is 0 Å². The van der Waals surface area contributed by atoms with E-state index in [1.165, 1.54) is 5.01 Å². The van der Waals surface area contributed by atoms with Crippen LogP contribution in [0.1, 0.15) is 63.5 Å². The molecule has 10 heteroatoms. The van der Waals surface area contributed by atoms with Gasteiger partial charge in [0.15, 0.2) is 6.29 Å². The van der Waals surface area contributed by atoms with Crippen molar-refractivity contribution in [2.45, 2.75) is 84.6 Å². The number of carbonyl (C=O) groups is 4. The molecule has 0 radical (unpaired) electrons. The average Bonchev–Trinajstić information content (AvgIpc) is 3.16. The molecule has 2 saturated heterocycles. The van der Waals surface area contributed by atoms with Gasteiger partial charge in [0, 0.05) is 30.7 Å². The Hall–Kier alpha value is -3.14. The second-order valence-corrected chi connectivity index (χ2v) is 10.3. The van der Waals surface area contributed by atoms with E-state index < -0.39 is 6.29 Å². The van der Waals surface area contributed by atoms with Gasteiger partial charge in [0.25, 0.3) is 0 Å². The predicted molar refractivity (Wildman–Crippen MR) is 135 cm³/mol. The van der Waals surface area contributed by atoms with Crippen LogP contribution in [0.4, 0.5) is 10.5 Å². The summed E-state index contributed by atoms with van der Waals surface area (Å²) in [6.07, 6.45) is 3.65. The number of nitrogens with one attached hydrogen (secondary N) is 3. The third kappa shape index (κ3) is 5.33. The van der Waals surface area contributed by atoms with E-state index in [-0.39, 0.29) is 61.3 Å².